The molecule has 0 spiro atoms. The molecular formula is C11H12ClN3OS. The summed E-state index contributed by atoms with van der Waals surface area (Å²) in [6.45, 7) is 0. The van der Waals surface area contributed by atoms with Gasteiger partial charge < -0.3 is 5.21 Å². The molecule has 0 aliphatic rings. The minimum absolute atomic E-state index is 0. The molecule has 0 aromatic carbocycles. The number of pyridine rings is 1. The minimum atomic E-state index is 0. The Kier molecular flexibility index (Phi) is 5.59. The first kappa shape index (κ1) is 13.6. The van der Waals surface area contributed by atoms with Gasteiger partial charge in [0, 0.05) is 24.2 Å². The molecule has 0 aliphatic heterocycles. The van der Waals surface area contributed by atoms with Crippen molar-refractivity contribution in [2.24, 2.45) is 5.16 Å². The van der Waals surface area contributed by atoms with Gasteiger partial charge in [0.25, 0.3) is 0 Å². The molecule has 0 aliphatic carbocycles. The lowest BCUT2D eigenvalue weighted by Crippen LogP contribution is -1.91. The van der Waals surface area contributed by atoms with E-state index in [-0.39, 0.29) is 12.4 Å². The van der Waals surface area contributed by atoms with Gasteiger partial charge in [0.1, 0.15) is 0 Å². The Morgan fingerprint density at radius 3 is 2.76 bits per heavy atom. The predicted molar refractivity (Wildman–Crippen MR) is 70.4 cm³/mol. The predicted octanol–water partition coefficient (Wildman–Crippen LogP) is 2.55. The lowest BCUT2D eigenvalue weighted by atomic mass is 10.1. The smallest absolute Gasteiger partial charge is 0.0958 e. The van der Waals surface area contributed by atoms with Crippen LogP contribution in [0.25, 0.3) is 0 Å². The molecule has 0 saturated carbocycles. The Hall–Kier alpha value is -1.46. The first-order valence-corrected chi connectivity index (χ1v) is 5.77. The largest absolute Gasteiger partial charge is 0.411 e. The van der Waals surface area contributed by atoms with Gasteiger partial charge in [-0.2, -0.15) is 0 Å². The van der Waals surface area contributed by atoms with E-state index in [0.717, 1.165) is 17.8 Å². The maximum absolute atomic E-state index is 8.36. The van der Waals surface area contributed by atoms with Gasteiger partial charge in [0.2, 0.25) is 0 Å². The van der Waals surface area contributed by atoms with Crippen LogP contribution in [0, 0.1) is 0 Å². The van der Waals surface area contributed by atoms with Crippen molar-refractivity contribution in [2.45, 2.75) is 12.8 Å². The van der Waals surface area contributed by atoms with Gasteiger partial charge in [-0.15, -0.1) is 23.7 Å². The van der Waals surface area contributed by atoms with Gasteiger partial charge in [0.15, 0.2) is 0 Å². The number of hydrogen-bond acceptors (Lipinski definition) is 5. The van der Waals surface area contributed by atoms with E-state index in [1.54, 1.807) is 23.7 Å². The van der Waals surface area contributed by atoms with Crippen molar-refractivity contribution < 1.29 is 5.21 Å². The number of aromatic nitrogens is 2. The van der Waals surface area contributed by atoms with Crippen LogP contribution in [0.1, 0.15) is 16.3 Å². The highest BCUT2D eigenvalue weighted by atomic mass is 35.5. The first-order chi connectivity index (χ1) is 7.88. The zero-order valence-corrected chi connectivity index (χ0v) is 10.6. The highest BCUT2D eigenvalue weighted by molar-refractivity contribution is 7.09. The van der Waals surface area contributed by atoms with Gasteiger partial charge >= 0.3 is 0 Å². The number of halogens is 1. The van der Waals surface area contributed by atoms with Crippen LogP contribution in [0.3, 0.4) is 0 Å². The van der Waals surface area contributed by atoms with E-state index < -0.39 is 0 Å². The Labute approximate surface area is 109 Å². The summed E-state index contributed by atoms with van der Waals surface area (Å²) in [6.07, 6.45) is 6.77. The van der Waals surface area contributed by atoms with E-state index in [9.17, 15) is 0 Å². The molecule has 0 bridgehead atoms. The van der Waals surface area contributed by atoms with E-state index in [2.05, 4.69) is 15.1 Å². The second kappa shape index (κ2) is 6.98. The topological polar surface area (TPSA) is 58.4 Å². The average molecular weight is 270 g/mol. The molecule has 90 valence electrons. The van der Waals surface area contributed by atoms with Crippen molar-refractivity contribution in [3.8, 4) is 0 Å². The summed E-state index contributed by atoms with van der Waals surface area (Å²) in [5.41, 5.74) is 1.96. The number of oxime groups is 1. The molecule has 2 heterocycles. The summed E-state index contributed by atoms with van der Waals surface area (Å²) in [7, 11) is 0. The fraction of sp³-hybridized carbons (Fsp3) is 0.182. The lowest BCUT2D eigenvalue weighted by Gasteiger charge is -1.97. The van der Waals surface area contributed by atoms with Crippen LogP contribution < -0.4 is 0 Å². The molecular weight excluding hydrogens is 258 g/mol. The third-order valence-corrected chi connectivity index (χ3v) is 3.06. The molecule has 4 nitrogen and oxygen atoms in total. The normalized spacial score (nSPS) is 10.4. The summed E-state index contributed by atoms with van der Waals surface area (Å²) in [4.78, 5) is 8.28. The van der Waals surface area contributed by atoms with E-state index >= 15 is 0 Å². The van der Waals surface area contributed by atoms with E-state index in [4.69, 9.17) is 5.21 Å². The number of hydrogen-bond donors (Lipinski definition) is 1. The first-order valence-electron chi connectivity index (χ1n) is 4.89. The summed E-state index contributed by atoms with van der Waals surface area (Å²) < 4.78 is 0. The van der Waals surface area contributed by atoms with E-state index in [1.807, 2.05) is 17.5 Å². The number of aryl methyl sites for hydroxylation is 2. The highest BCUT2D eigenvalue weighted by Crippen LogP contribution is 2.11. The Balaban J connectivity index is 0.00000144. The van der Waals surface area contributed by atoms with Crippen molar-refractivity contribution in [3.63, 3.8) is 0 Å². The Morgan fingerprint density at radius 2 is 2.06 bits per heavy atom. The molecule has 1 N–H and O–H groups in total. The molecule has 0 atom stereocenters. The fourth-order valence-electron chi connectivity index (χ4n) is 1.36. The van der Waals surface area contributed by atoms with Crippen molar-refractivity contribution in [2.75, 3.05) is 0 Å². The average Bonchev–Trinajstić information content (AvgIpc) is 2.76. The monoisotopic (exact) mass is 269 g/mol. The Bertz CT molecular complexity index is 473. The van der Waals surface area contributed by atoms with Crippen LogP contribution in [0.15, 0.2) is 35.1 Å². The maximum Gasteiger partial charge on any atom is 0.0958 e. The summed E-state index contributed by atoms with van der Waals surface area (Å²) >= 11 is 1.58. The van der Waals surface area contributed by atoms with Crippen LogP contribution in [-0.2, 0) is 12.8 Å². The van der Waals surface area contributed by atoms with Gasteiger partial charge in [-0.25, -0.2) is 4.98 Å². The van der Waals surface area contributed by atoms with Gasteiger partial charge in [-0.3, -0.25) is 4.98 Å². The zero-order chi connectivity index (χ0) is 11.2. The molecule has 6 heteroatoms. The van der Waals surface area contributed by atoms with Gasteiger partial charge in [-0.1, -0.05) is 5.16 Å². The van der Waals surface area contributed by atoms with E-state index in [1.165, 1.54) is 11.8 Å². The minimum Gasteiger partial charge on any atom is -0.411 e. The molecule has 17 heavy (non-hydrogen) atoms. The number of nitrogens with zero attached hydrogens (tertiary/aromatic N) is 3. The van der Waals surface area contributed by atoms with Crippen molar-refractivity contribution in [1.29, 1.82) is 0 Å². The molecule has 2 aromatic rings. The quantitative estimate of drug-likeness (QED) is 0.527. The van der Waals surface area contributed by atoms with E-state index in [0.29, 0.717) is 5.69 Å². The molecule has 0 amide bonds. The van der Waals surface area contributed by atoms with Gasteiger partial charge in [-0.05, 0) is 24.1 Å². The molecule has 0 fully saturated rings. The van der Waals surface area contributed by atoms with Crippen LogP contribution in [0.5, 0.6) is 0 Å². The molecule has 2 aromatic heterocycles. The lowest BCUT2D eigenvalue weighted by molar-refractivity contribution is 0.321. The van der Waals surface area contributed by atoms with Crippen LogP contribution in [0.2, 0.25) is 0 Å². The van der Waals surface area contributed by atoms with Crippen molar-refractivity contribution in [3.05, 3.63) is 46.2 Å². The van der Waals surface area contributed by atoms with Crippen LogP contribution >= 0.6 is 23.7 Å². The van der Waals surface area contributed by atoms with Crippen molar-refractivity contribution in [1.82, 2.24) is 9.97 Å². The standard InChI is InChI=1S/C11H11N3OS.ClH/c15-13-7-10-8-16-11(14-10)2-1-9-3-5-12-6-4-9;/h3-8,15H,1-2H2;1H/b13-7-;. The third kappa shape index (κ3) is 4.13. The zero-order valence-electron chi connectivity index (χ0n) is 8.98. The summed E-state index contributed by atoms with van der Waals surface area (Å²) in [5.74, 6) is 0. The number of thiazole rings is 1. The molecule has 2 rings (SSSR count). The van der Waals surface area contributed by atoms with Crippen molar-refractivity contribution >= 4 is 30.0 Å². The number of rotatable bonds is 4. The molecule has 0 saturated heterocycles. The fourth-order valence-corrected chi connectivity index (χ4v) is 2.11. The van der Waals surface area contributed by atoms with Crippen LogP contribution in [0.4, 0.5) is 0 Å². The maximum atomic E-state index is 8.36. The third-order valence-electron chi connectivity index (χ3n) is 2.14. The summed E-state index contributed by atoms with van der Waals surface area (Å²) in [6, 6.07) is 4.01. The highest BCUT2D eigenvalue weighted by Gasteiger charge is 2.01. The van der Waals surface area contributed by atoms with Gasteiger partial charge in [0.05, 0.1) is 16.9 Å². The molecule has 0 unspecified atom stereocenters. The van der Waals surface area contributed by atoms with Crippen LogP contribution in [-0.4, -0.2) is 21.4 Å². The second-order valence-corrected chi connectivity index (χ2v) is 4.21. The summed E-state index contributed by atoms with van der Waals surface area (Å²) in [5, 5.41) is 14.2. The second-order valence-electron chi connectivity index (χ2n) is 3.27. The SMILES string of the molecule is Cl.O/N=C\c1csc(CCc2ccncc2)n1. The Morgan fingerprint density at radius 1 is 1.29 bits per heavy atom. The molecule has 0 radical (unpaired) electrons.